The summed E-state index contributed by atoms with van der Waals surface area (Å²) in [6, 6.07) is 3.23. The van der Waals surface area contributed by atoms with E-state index in [0.717, 1.165) is 25.9 Å². The molecule has 2 aromatic rings. The molecule has 0 saturated carbocycles. The molecule has 10 nitrogen and oxygen atoms in total. The second-order valence-electron chi connectivity index (χ2n) is 5.65. The van der Waals surface area contributed by atoms with Crippen LogP contribution in [-0.2, 0) is 16.3 Å². The number of pyridine rings is 1. The number of carboxylic acid groups (broad SMARTS) is 2. The number of nitrogens with zero attached hydrogens (tertiary/aromatic N) is 4. The summed E-state index contributed by atoms with van der Waals surface area (Å²) in [6.45, 7) is 2.41. The average molecular weight is 362 g/mol. The van der Waals surface area contributed by atoms with Crippen molar-refractivity contribution in [2.24, 2.45) is 0 Å². The number of hydrogen-bond donors (Lipinski definition) is 2. The molecular weight excluding hydrogens is 344 g/mol. The fraction of sp³-hybridized carbons (Fsp3) is 0.375. The number of carboxylic acids is 2. The molecule has 0 aliphatic carbocycles. The van der Waals surface area contributed by atoms with Gasteiger partial charge in [0, 0.05) is 6.20 Å². The molecule has 0 spiro atoms. The molecule has 3 heterocycles. The van der Waals surface area contributed by atoms with Gasteiger partial charge >= 0.3 is 11.9 Å². The Hall–Kier alpha value is -3.14. The first-order chi connectivity index (χ1) is 12.4. The quantitative estimate of drug-likeness (QED) is 0.691. The molecule has 0 unspecified atom stereocenters. The van der Waals surface area contributed by atoms with Crippen molar-refractivity contribution in [2.75, 3.05) is 13.1 Å². The van der Waals surface area contributed by atoms with Crippen molar-refractivity contribution in [3.63, 3.8) is 0 Å². The van der Waals surface area contributed by atoms with Gasteiger partial charge in [-0.25, -0.2) is 9.59 Å². The van der Waals surface area contributed by atoms with E-state index in [0.29, 0.717) is 6.67 Å². The zero-order valence-corrected chi connectivity index (χ0v) is 13.9. The number of rotatable bonds is 2. The lowest BCUT2D eigenvalue weighted by Gasteiger charge is -2.26. The Balaban J connectivity index is 0.000000352. The highest BCUT2D eigenvalue weighted by Gasteiger charge is 2.12. The Labute approximate surface area is 147 Å². The number of aromatic nitrogens is 3. The van der Waals surface area contributed by atoms with Gasteiger partial charge in [-0.15, -0.1) is 0 Å². The molecule has 1 saturated heterocycles. The molecule has 3 rings (SSSR count). The first-order valence-corrected chi connectivity index (χ1v) is 7.93. The largest absolute Gasteiger partial charge is 0.473 e. The molecule has 26 heavy (non-hydrogen) atoms. The van der Waals surface area contributed by atoms with E-state index < -0.39 is 17.5 Å². The topological polar surface area (TPSA) is 143 Å². The molecule has 1 fully saturated rings. The Morgan fingerprint density at radius 3 is 2.31 bits per heavy atom. The molecule has 0 bridgehead atoms. The first kappa shape index (κ1) is 19.2. The summed E-state index contributed by atoms with van der Waals surface area (Å²) in [7, 11) is 0. The summed E-state index contributed by atoms with van der Waals surface area (Å²) in [6.07, 6.45) is 6.39. The second kappa shape index (κ2) is 8.81. The molecule has 2 aromatic heterocycles. The predicted octanol–water partition coefficient (Wildman–Crippen LogP) is -0.249. The highest BCUT2D eigenvalue weighted by molar-refractivity contribution is 6.27. The Kier molecular flexibility index (Phi) is 6.50. The van der Waals surface area contributed by atoms with E-state index in [-0.39, 0.29) is 16.5 Å². The van der Waals surface area contributed by atoms with Crippen LogP contribution >= 0.6 is 0 Å². The van der Waals surface area contributed by atoms with Crippen LogP contribution in [0.2, 0.25) is 0 Å². The third-order valence-corrected chi connectivity index (χ3v) is 3.80. The zero-order valence-electron chi connectivity index (χ0n) is 13.9. The monoisotopic (exact) mass is 362 g/mol. The maximum Gasteiger partial charge on any atom is 0.414 e. The zero-order chi connectivity index (χ0) is 19.1. The SMILES string of the molecule is O=C(O)C(=O)O.O=c1ncn(CN2CCCCC2)c(=O)c2ncccc12. The van der Waals surface area contributed by atoms with E-state index in [1.165, 1.54) is 23.5 Å². The van der Waals surface area contributed by atoms with Crippen LogP contribution in [-0.4, -0.2) is 54.7 Å². The van der Waals surface area contributed by atoms with Gasteiger partial charge < -0.3 is 10.2 Å². The van der Waals surface area contributed by atoms with Gasteiger partial charge in [0.15, 0.2) is 0 Å². The van der Waals surface area contributed by atoms with Crippen molar-refractivity contribution >= 4 is 22.8 Å². The fourth-order valence-electron chi connectivity index (χ4n) is 2.55. The van der Waals surface area contributed by atoms with Crippen LogP contribution in [0.3, 0.4) is 0 Å². The fourth-order valence-corrected chi connectivity index (χ4v) is 2.55. The van der Waals surface area contributed by atoms with Crippen LogP contribution in [0.1, 0.15) is 19.3 Å². The number of aliphatic carboxylic acids is 2. The van der Waals surface area contributed by atoms with Gasteiger partial charge in [-0.2, -0.15) is 4.98 Å². The number of likely N-dealkylation sites (tertiary alicyclic amines) is 1. The normalized spacial score (nSPS) is 14.3. The number of fused-ring (bicyclic) bond motifs is 1. The Morgan fingerprint density at radius 1 is 1.04 bits per heavy atom. The lowest BCUT2D eigenvalue weighted by Crippen LogP contribution is -2.35. The molecule has 1 aliphatic heterocycles. The van der Waals surface area contributed by atoms with Crippen molar-refractivity contribution in [3.8, 4) is 0 Å². The molecule has 0 aromatic carbocycles. The highest BCUT2D eigenvalue weighted by Crippen LogP contribution is 2.08. The van der Waals surface area contributed by atoms with E-state index in [9.17, 15) is 9.59 Å². The summed E-state index contributed by atoms with van der Waals surface area (Å²) >= 11 is 0. The molecule has 10 heteroatoms. The number of piperidine rings is 1. The smallest absolute Gasteiger partial charge is 0.414 e. The van der Waals surface area contributed by atoms with Gasteiger partial charge in [-0.1, -0.05) is 6.42 Å². The Morgan fingerprint density at radius 2 is 1.69 bits per heavy atom. The van der Waals surface area contributed by atoms with Gasteiger partial charge in [-0.05, 0) is 38.1 Å². The molecule has 0 radical (unpaired) electrons. The minimum atomic E-state index is -1.82. The molecule has 1 aliphatic rings. The van der Waals surface area contributed by atoms with Crippen molar-refractivity contribution < 1.29 is 19.8 Å². The van der Waals surface area contributed by atoms with Crippen LogP contribution in [0, 0.1) is 0 Å². The van der Waals surface area contributed by atoms with Gasteiger partial charge in [0.1, 0.15) is 11.8 Å². The lowest BCUT2D eigenvalue weighted by molar-refractivity contribution is -0.159. The maximum absolute atomic E-state index is 12.4. The van der Waals surface area contributed by atoms with Crippen LogP contribution in [0.4, 0.5) is 0 Å². The van der Waals surface area contributed by atoms with E-state index >= 15 is 0 Å². The lowest BCUT2D eigenvalue weighted by atomic mass is 10.1. The van der Waals surface area contributed by atoms with Gasteiger partial charge in [0.25, 0.3) is 11.1 Å². The van der Waals surface area contributed by atoms with Crippen LogP contribution in [0.5, 0.6) is 0 Å². The number of hydrogen-bond acceptors (Lipinski definition) is 7. The van der Waals surface area contributed by atoms with Crippen LogP contribution in [0.15, 0.2) is 34.2 Å². The summed E-state index contributed by atoms with van der Waals surface area (Å²) in [5.41, 5.74) is -0.490. The van der Waals surface area contributed by atoms with Crippen molar-refractivity contribution in [1.82, 2.24) is 19.4 Å². The van der Waals surface area contributed by atoms with E-state index in [4.69, 9.17) is 19.8 Å². The summed E-state index contributed by atoms with van der Waals surface area (Å²) in [5, 5.41) is 15.1. The minimum absolute atomic E-state index is 0.187. The van der Waals surface area contributed by atoms with Crippen molar-refractivity contribution in [3.05, 3.63) is 45.4 Å². The summed E-state index contributed by atoms with van der Waals surface area (Å²) < 4.78 is 1.47. The van der Waals surface area contributed by atoms with E-state index in [2.05, 4.69) is 14.9 Å². The summed E-state index contributed by atoms with van der Waals surface area (Å²) in [4.78, 5) is 52.6. The highest BCUT2D eigenvalue weighted by atomic mass is 16.4. The first-order valence-electron chi connectivity index (χ1n) is 7.93. The summed E-state index contributed by atoms with van der Waals surface area (Å²) in [5.74, 6) is -3.65. The molecule has 2 N–H and O–H groups in total. The Bertz CT molecular complexity index is 908. The molecule has 0 amide bonds. The van der Waals surface area contributed by atoms with Crippen LogP contribution < -0.4 is 11.1 Å². The standard InChI is InChI=1S/C14H16N4O2.C2H2O4/c19-13-11-5-4-6-15-12(11)14(20)18(9-16-13)10-17-7-2-1-3-8-17;3-1(4)2(5)6/h4-6,9H,1-3,7-8,10H2;(H,3,4)(H,5,6). The number of carbonyl (C=O) groups is 2. The van der Waals surface area contributed by atoms with Crippen molar-refractivity contribution in [1.29, 1.82) is 0 Å². The van der Waals surface area contributed by atoms with Gasteiger partial charge in [0.05, 0.1) is 12.1 Å². The van der Waals surface area contributed by atoms with E-state index in [1.54, 1.807) is 12.1 Å². The maximum atomic E-state index is 12.4. The molecular formula is C16H18N4O6. The predicted molar refractivity (Wildman–Crippen MR) is 90.8 cm³/mol. The van der Waals surface area contributed by atoms with Gasteiger partial charge in [-0.3, -0.25) is 24.0 Å². The van der Waals surface area contributed by atoms with E-state index in [1.807, 2.05) is 0 Å². The average Bonchev–Trinajstić information content (AvgIpc) is 2.76. The van der Waals surface area contributed by atoms with Gasteiger partial charge in [0.2, 0.25) is 0 Å². The third-order valence-electron chi connectivity index (χ3n) is 3.80. The van der Waals surface area contributed by atoms with Crippen LogP contribution in [0.25, 0.3) is 10.9 Å². The molecule has 0 atom stereocenters. The third kappa shape index (κ3) is 4.93. The van der Waals surface area contributed by atoms with Crippen molar-refractivity contribution in [2.45, 2.75) is 25.9 Å². The second-order valence-corrected chi connectivity index (χ2v) is 5.65. The molecule has 138 valence electrons. The minimum Gasteiger partial charge on any atom is -0.473 e.